The quantitative estimate of drug-likeness (QED) is 0.814. The van der Waals surface area contributed by atoms with Crippen molar-refractivity contribution in [2.75, 3.05) is 0 Å². The van der Waals surface area contributed by atoms with Crippen LogP contribution in [0, 0.1) is 5.92 Å². The Balaban J connectivity index is 1.82. The zero-order valence-corrected chi connectivity index (χ0v) is 11.2. The molecule has 0 amide bonds. The molecule has 1 aliphatic rings. The van der Waals surface area contributed by atoms with Crippen molar-refractivity contribution < 1.29 is 0 Å². The van der Waals surface area contributed by atoms with E-state index in [-0.39, 0.29) is 0 Å². The van der Waals surface area contributed by atoms with Crippen LogP contribution < -0.4 is 5.32 Å². The van der Waals surface area contributed by atoms with E-state index in [2.05, 4.69) is 49.5 Å². The predicted molar refractivity (Wildman–Crippen MR) is 74.0 cm³/mol. The fourth-order valence-corrected chi connectivity index (χ4v) is 2.93. The smallest absolute Gasteiger partial charge is 0.0294 e. The van der Waals surface area contributed by atoms with Crippen LogP contribution in [0.15, 0.2) is 30.3 Å². The Morgan fingerprint density at radius 3 is 2.35 bits per heavy atom. The lowest BCUT2D eigenvalue weighted by Gasteiger charge is -2.31. The average molecular weight is 231 g/mol. The number of rotatable bonds is 4. The van der Waals surface area contributed by atoms with Gasteiger partial charge in [0.05, 0.1) is 0 Å². The van der Waals surface area contributed by atoms with Crippen molar-refractivity contribution in [2.45, 2.75) is 58.0 Å². The average Bonchev–Trinajstić information content (AvgIpc) is 2.40. The Hall–Kier alpha value is -0.820. The third-order valence-corrected chi connectivity index (χ3v) is 4.21. The van der Waals surface area contributed by atoms with Gasteiger partial charge in [0.25, 0.3) is 0 Å². The number of nitrogens with one attached hydrogen (secondary N) is 1. The van der Waals surface area contributed by atoms with E-state index >= 15 is 0 Å². The van der Waals surface area contributed by atoms with Crippen LogP contribution in [0.3, 0.4) is 0 Å². The summed E-state index contributed by atoms with van der Waals surface area (Å²) in [6, 6.07) is 12.0. The maximum absolute atomic E-state index is 3.78. The second-order valence-electron chi connectivity index (χ2n) is 5.42. The molecule has 1 saturated carbocycles. The molecule has 0 unspecified atom stereocenters. The molecular formula is C16H25N. The first-order valence-corrected chi connectivity index (χ1v) is 7.10. The van der Waals surface area contributed by atoms with Crippen LogP contribution in [0.5, 0.6) is 0 Å². The van der Waals surface area contributed by atoms with Crippen LogP contribution in [0.1, 0.15) is 57.6 Å². The first-order valence-electron chi connectivity index (χ1n) is 7.10. The third kappa shape index (κ3) is 3.57. The lowest BCUT2D eigenvalue weighted by Crippen LogP contribution is -2.34. The molecule has 0 heterocycles. The summed E-state index contributed by atoms with van der Waals surface area (Å²) in [5.74, 6) is 0.986. The number of hydrogen-bond acceptors (Lipinski definition) is 1. The van der Waals surface area contributed by atoms with Gasteiger partial charge in [-0.25, -0.2) is 0 Å². The van der Waals surface area contributed by atoms with Gasteiger partial charge >= 0.3 is 0 Å². The maximum Gasteiger partial charge on any atom is 0.0294 e. The zero-order chi connectivity index (χ0) is 12.1. The normalized spacial score (nSPS) is 26.7. The van der Waals surface area contributed by atoms with Gasteiger partial charge in [-0.1, -0.05) is 43.7 Å². The Labute approximate surface area is 106 Å². The summed E-state index contributed by atoms with van der Waals surface area (Å²) in [6.07, 6.45) is 6.90. The van der Waals surface area contributed by atoms with Crippen molar-refractivity contribution >= 4 is 0 Å². The van der Waals surface area contributed by atoms with Gasteiger partial charge in [-0.3, -0.25) is 0 Å². The van der Waals surface area contributed by atoms with E-state index in [4.69, 9.17) is 0 Å². The third-order valence-electron chi connectivity index (χ3n) is 4.21. The SMILES string of the molecule is CCC1CCC(N[C@@H](C)c2ccccc2)CC1. The lowest BCUT2D eigenvalue weighted by atomic mass is 9.84. The van der Waals surface area contributed by atoms with Gasteiger partial charge in [-0.2, -0.15) is 0 Å². The van der Waals surface area contributed by atoms with Crippen LogP contribution in [0.4, 0.5) is 0 Å². The molecule has 1 aromatic rings. The topological polar surface area (TPSA) is 12.0 Å². The number of hydrogen-bond donors (Lipinski definition) is 1. The maximum atomic E-state index is 3.78. The van der Waals surface area contributed by atoms with Gasteiger partial charge in [-0.05, 0) is 44.1 Å². The van der Waals surface area contributed by atoms with Crippen molar-refractivity contribution in [2.24, 2.45) is 5.92 Å². The minimum absolute atomic E-state index is 0.486. The highest BCUT2D eigenvalue weighted by Crippen LogP contribution is 2.27. The van der Waals surface area contributed by atoms with E-state index in [1.165, 1.54) is 37.7 Å². The molecule has 0 radical (unpaired) electrons. The second kappa shape index (κ2) is 6.20. The summed E-state index contributed by atoms with van der Waals surface area (Å²) >= 11 is 0. The van der Waals surface area contributed by atoms with Crippen LogP contribution in [0.2, 0.25) is 0 Å². The molecule has 0 spiro atoms. The van der Waals surface area contributed by atoms with Gasteiger partial charge in [0, 0.05) is 12.1 Å². The van der Waals surface area contributed by atoms with Gasteiger partial charge < -0.3 is 5.32 Å². The highest BCUT2D eigenvalue weighted by molar-refractivity contribution is 5.18. The minimum Gasteiger partial charge on any atom is -0.307 e. The Morgan fingerprint density at radius 2 is 1.76 bits per heavy atom. The molecule has 94 valence electrons. The molecule has 0 saturated heterocycles. The monoisotopic (exact) mass is 231 g/mol. The minimum atomic E-state index is 0.486. The van der Waals surface area contributed by atoms with Gasteiger partial charge in [-0.15, -0.1) is 0 Å². The molecule has 1 fully saturated rings. The largest absolute Gasteiger partial charge is 0.307 e. The Bertz CT molecular complexity index is 312. The highest BCUT2D eigenvalue weighted by Gasteiger charge is 2.21. The van der Waals surface area contributed by atoms with Crippen molar-refractivity contribution in [3.8, 4) is 0 Å². The standard InChI is InChI=1S/C16H25N/c1-3-14-9-11-16(12-10-14)17-13(2)15-7-5-4-6-8-15/h4-8,13-14,16-17H,3,9-12H2,1-2H3/t13-,14?,16?/m0/s1. The van der Waals surface area contributed by atoms with Crippen molar-refractivity contribution in [3.05, 3.63) is 35.9 Å². The predicted octanol–water partition coefficient (Wildman–Crippen LogP) is 4.31. The molecule has 1 nitrogen and oxygen atoms in total. The van der Waals surface area contributed by atoms with E-state index in [9.17, 15) is 0 Å². The highest BCUT2D eigenvalue weighted by atomic mass is 14.9. The van der Waals surface area contributed by atoms with E-state index in [0.29, 0.717) is 6.04 Å². The van der Waals surface area contributed by atoms with Crippen molar-refractivity contribution in [1.29, 1.82) is 0 Å². The Kier molecular flexibility index (Phi) is 4.61. The summed E-state index contributed by atoms with van der Waals surface area (Å²) in [5, 5.41) is 3.78. The van der Waals surface area contributed by atoms with Crippen LogP contribution in [0.25, 0.3) is 0 Å². The molecule has 0 aromatic heterocycles. The molecule has 1 atom stereocenters. The molecule has 0 bridgehead atoms. The molecule has 1 aromatic carbocycles. The van der Waals surface area contributed by atoms with Gasteiger partial charge in [0.2, 0.25) is 0 Å². The molecule has 0 aliphatic heterocycles. The van der Waals surface area contributed by atoms with Crippen molar-refractivity contribution in [1.82, 2.24) is 5.32 Å². The molecular weight excluding hydrogens is 206 g/mol. The molecule has 2 rings (SSSR count). The first-order chi connectivity index (χ1) is 8.29. The second-order valence-corrected chi connectivity index (χ2v) is 5.42. The molecule has 1 N–H and O–H groups in total. The summed E-state index contributed by atoms with van der Waals surface area (Å²) in [6.45, 7) is 4.60. The van der Waals surface area contributed by atoms with Gasteiger partial charge in [0.1, 0.15) is 0 Å². The Morgan fingerprint density at radius 1 is 1.12 bits per heavy atom. The zero-order valence-electron chi connectivity index (χ0n) is 11.2. The van der Waals surface area contributed by atoms with Crippen LogP contribution >= 0.6 is 0 Å². The summed E-state index contributed by atoms with van der Waals surface area (Å²) in [7, 11) is 0. The number of benzene rings is 1. The fourth-order valence-electron chi connectivity index (χ4n) is 2.93. The van der Waals surface area contributed by atoms with Crippen LogP contribution in [-0.2, 0) is 0 Å². The van der Waals surface area contributed by atoms with E-state index in [0.717, 1.165) is 12.0 Å². The van der Waals surface area contributed by atoms with Crippen molar-refractivity contribution in [3.63, 3.8) is 0 Å². The summed E-state index contributed by atoms with van der Waals surface area (Å²) < 4.78 is 0. The fraction of sp³-hybridized carbons (Fsp3) is 0.625. The summed E-state index contributed by atoms with van der Waals surface area (Å²) in [4.78, 5) is 0. The molecule has 1 heteroatoms. The summed E-state index contributed by atoms with van der Waals surface area (Å²) in [5.41, 5.74) is 1.41. The van der Waals surface area contributed by atoms with Gasteiger partial charge in [0.15, 0.2) is 0 Å². The van der Waals surface area contributed by atoms with E-state index in [1.54, 1.807) is 0 Å². The molecule has 1 aliphatic carbocycles. The lowest BCUT2D eigenvalue weighted by molar-refractivity contribution is 0.273. The van der Waals surface area contributed by atoms with E-state index < -0.39 is 0 Å². The molecule has 17 heavy (non-hydrogen) atoms. The van der Waals surface area contributed by atoms with Crippen LogP contribution in [-0.4, -0.2) is 6.04 Å². The van der Waals surface area contributed by atoms with E-state index in [1.807, 2.05) is 0 Å². The first kappa shape index (κ1) is 12.6.